The molecule has 0 bridgehead atoms. The summed E-state index contributed by atoms with van der Waals surface area (Å²) in [5, 5.41) is 3.12. The van der Waals surface area contributed by atoms with E-state index >= 15 is 0 Å². The number of nitrogen functional groups attached to an aromatic ring is 2. The lowest BCUT2D eigenvalue weighted by Crippen LogP contribution is -3.00. The molecule has 5 N–H and O–H groups in total. The number of ether oxygens (including phenoxy) is 4. The molecule has 0 radical (unpaired) electrons. The molecule has 2 unspecified atom stereocenters. The predicted octanol–water partition coefficient (Wildman–Crippen LogP) is 2.23. The van der Waals surface area contributed by atoms with Gasteiger partial charge in [0.2, 0.25) is 0 Å². The van der Waals surface area contributed by atoms with Gasteiger partial charge in [0.1, 0.15) is 24.7 Å². The number of carbonyl (C=O) groups is 3. The number of benzene rings is 2. The lowest BCUT2D eigenvalue weighted by Gasteiger charge is -2.45. The van der Waals surface area contributed by atoms with Crippen molar-refractivity contribution in [3.63, 3.8) is 0 Å². The number of nitrogens with one attached hydrogen (secondary N) is 1. The molecule has 19 heteroatoms. The number of ketones is 2. The van der Waals surface area contributed by atoms with Gasteiger partial charge in [0, 0.05) is 51.9 Å². The van der Waals surface area contributed by atoms with Crippen molar-refractivity contribution in [1.29, 1.82) is 0 Å². The van der Waals surface area contributed by atoms with Gasteiger partial charge in [0.25, 0.3) is 5.91 Å². The van der Waals surface area contributed by atoms with E-state index in [1.807, 2.05) is 24.3 Å². The van der Waals surface area contributed by atoms with E-state index in [0.717, 1.165) is 95.4 Å². The molecule has 362 valence electrons. The molecule has 65 heavy (non-hydrogen) atoms. The number of halogens is 4. The molecule has 15 nitrogen and oxygen atoms in total. The number of likely N-dealkylation sites (N-methyl/N-ethyl adjacent to an activating group) is 2. The van der Waals surface area contributed by atoms with Gasteiger partial charge in [-0.1, -0.05) is 35.9 Å². The highest BCUT2D eigenvalue weighted by Crippen LogP contribution is 2.25. The summed E-state index contributed by atoms with van der Waals surface area (Å²) in [6.45, 7) is 8.75. The van der Waals surface area contributed by atoms with Crippen LogP contribution in [-0.4, -0.2) is 153 Å². The molecule has 4 heterocycles. The predicted molar refractivity (Wildman–Crippen MR) is 254 cm³/mol. The molecule has 3 aliphatic heterocycles. The van der Waals surface area contributed by atoms with Crippen molar-refractivity contribution in [1.82, 2.24) is 25.1 Å². The van der Waals surface area contributed by atoms with Crippen LogP contribution in [0.5, 0.6) is 11.5 Å². The maximum Gasteiger partial charge on any atom is 0.274 e. The van der Waals surface area contributed by atoms with Gasteiger partial charge in [-0.05, 0) is 88.0 Å². The van der Waals surface area contributed by atoms with E-state index < -0.39 is 5.91 Å². The van der Waals surface area contributed by atoms with Gasteiger partial charge in [-0.3, -0.25) is 14.4 Å². The second-order valence-corrected chi connectivity index (χ2v) is 17.7. The molecule has 3 aliphatic rings. The molecule has 6 rings (SSSR count). The van der Waals surface area contributed by atoms with E-state index in [1.165, 1.54) is 11.1 Å². The Morgan fingerprint density at radius 3 is 1.75 bits per heavy atom. The number of nitrogens with zero attached hydrogens (tertiary/aromatic N) is 5. The zero-order chi connectivity index (χ0) is 43.9. The van der Waals surface area contributed by atoms with Crippen molar-refractivity contribution in [2.75, 3.05) is 104 Å². The van der Waals surface area contributed by atoms with Gasteiger partial charge in [0.15, 0.2) is 34.0 Å². The third-order valence-corrected chi connectivity index (χ3v) is 12.5. The molecule has 3 atom stereocenters. The molecule has 3 fully saturated rings. The third-order valence-electron chi connectivity index (χ3n) is 12.3. The Morgan fingerprint density at radius 2 is 1.28 bits per heavy atom. The Hall–Kier alpha value is -3.51. The quantitative estimate of drug-likeness (QED) is 0.125. The van der Waals surface area contributed by atoms with Crippen molar-refractivity contribution in [2.24, 2.45) is 0 Å². The highest BCUT2D eigenvalue weighted by atomic mass is 35.5. The number of carbonyl (C=O) groups excluding carboxylic acids is 3. The molecule has 0 saturated carbocycles. The number of hydrogen-bond donors (Lipinski definition) is 3. The summed E-state index contributed by atoms with van der Waals surface area (Å²) in [5.41, 5.74) is 14.2. The topological polar surface area (TPSA) is 184 Å². The number of amides is 1. The second-order valence-electron chi connectivity index (χ2n) is 17.4. The van der Waals surface area contributed by atoms with Crippen LogP contribution in [0.1, 0.15) is 73.0 Å². The van der Waals surface area contributed by atoms with Crippen LogP contribution < -0.4 is 38.7 Å². The number of aryl methyl sites for hydroxylation is 2. The lowest BCUT2D eigenvalue weighted by atomic mass is 9.99. The van der Waals surface area contributed by atoms with Crippen LogP contribution >= 0.6 is 36.4 Å². The molecular weight excluding hydrogens is 918 g/mol. The van der Waals surface area contributed by atoms with Crippen molar-refractivity contribution in [2.45, 2.75) is 82.5 Å². The van der Waals surface area contributed by atoms with Gasteiger partial charge in [0.05, 0.1) is 57.6 Å². The van der Waals surface area contributed by atoms with E-state index in [4.69, 9.17) is 42.0 Å². The Labute approximate surface area is 407 Å². The van der Waals surface area contributed by atoms with Gasteiger partial charge >= 0.3 is 0 Å². The largest absolute Gasteiger partial charge is 1.00 e. The fraction of sp³-hybridized carbons (Fsp3) is 0.587. The van der Waals surface area contributed by atoms with E-state index in [2.05, 4.69) is 63.4 Å². The summed E-state index contributed by atoms with van der Waals surface area (Å²) in [7, 11) is 4.15. The maximum atomic E-state index is 13.4. The Bertz CT molecular complexity index is 1840. The van der Waals surface area contributed by atoms with Crippen molar-refractivity contribution >= 4 is 65.5 Å². The zero-order valence-electron chi connectivity index (χ0n) is 37.7. The normalized spacial score (nSPS) is 21.2. The standard InChI is InChI=1S/C46H65ClN8O7.3ClH/c1-53-21-26-59-40(28-53)19-13-36(56)31-61-38-15-9-33(10-16-38)6-3-23-55(25-5-8-35(30-55)50-46(58)42-44(48)52-45(49)43(47)51-42)24-4-7-34-11-17-39(18-12-34)62-32-37(57)14-20-41-29-54(2)22-27-60-41;;;/h9-12,15-18,35,40-41H,3-8,13-14,19-32H2,1-2H3,(H4-,48,49,50,52,58);3*1H/t35-,40?,41?,55?;;;/m0.../s1. The van der Waals surface area contributed by atoms with Crippen LogP contribution in [0, 0.1) is 0 Å². The van der Waals surface area contributed by atoms with Gasteiger partial charge in [-0.15, -0.1) is 24.8 Å². The van der Waals surface area contributed by atoms with E-state index in [0.29, 0.717) is 50.4 Å². The number of hydrogen-bond acceptors (Lipinski definition) is 13. The smallest absolute Gasteiger partial charge is 0.274 e. The van der Waals surface area contributed by atoms with Gasteiger partial charge in [-0.2, -0.15) is 0 Å². The van der Waals surface area contributed by atoms with Crippen molar-refractivity contribution < 1.29 is 50.2 Å². The van der Waals surface area contributed by atoms with Crippen LogP contribution in [-0.2, 0) is 31.9 Å². The van der Waals surface area contributed by atoms with Crippen LogP contribution in [0.25, 0.3) is 0 Å². The number of Topliss-reactive ketones (excluding diaryl/α,β-unsaturated/α-hetero) is 2. The minimum Gasteiger partial charge on any atom is -1.00 e. The van der Waals surface area contributed by atoms with Crippen LogP contribution in [0.3, 0.4) is 0 Å². The van der Waals surface area contributed by atoms with E-state index in [1.54, 1.807) is 0 Å². The number of piperidine rings is 1. The lowest BCUT2D eigenvalue weighted by molar-refractivity contribution is -0.933. The highest BCUT2D eigenvalue weighted by Gasteiger charge is 2.36. The molecule has 2 aromatic carbocycles. The molecule has 3 saturated heterocycles. The average molecular weight is 987 g/mol. The number of likely N-dealkylation sites (tertiary alicyclic amines) is 1. The van der Waals surface area contributed by atoms with Crippen LogP contribution in [0.15, 0.2) is 48.5 Å². The fourth-order valence-corrected chi connectivity index (χ4v) is 8.89. The first-order valence-electron chi connectivity index (χ1n) is 22.2. The fourth-order valence-electron chi connectivity index (χ4n) is 8.76. The summed E-state index contributed by atoms with van der Waals surface area (Å²) < 4.78 is 24.1. The van der Waals surface area contributed by atoms with Gasteiger partial charge < -0.3 is 62.4 Å². The number of rotatable bonds is 22. The Morgan fingerprint density at radius 1 is 0.785 bits per heavy atom. The second kappa shape index (κ2) is 28.0. The number of quaternary nitrogens is 1. The van der Waals surface area contributed by atoms with Gasteiger partial charge in [-0.25, -0.2) is 9.97 Å². The van der Waals surface area contributed by atoms with Crippen LogP contribution in [0.4, 0.5) is 11.6 Å². The number of aromatic nitrogens is 2. The monoisotopic (exact) mass is 984 g/mol. The van der Waals surface area contributed by atoms with E-state index in [-0.39, 0.29) is 103 Å². The summed E-state index contributed by atoms with van der Waals surface area (Å²) in [5.74, 6) is 1.03. The Kier molecular flexibility index (Phi) is 24.0. The third kappa shape index (κ3) is 18.2. The molecule has 3 aromatic rings. The van der Waals surface area contributed by atoms with Crippen LogP contribution in [0.2, 0.25) is 5.15 Å². The zero-order valence-corrected chi connectivity index (χ0v) is 40.9. The summed E-state index contributed by atoms with van der Waals surface area (Å²) >= 11 is 6.10. The summed E-state index contributed by atoms with van der Waals surface area (Å²) in [6.07, 6.45) is 7.99. The highest BCUT2D eigenvalue weighted by molar-refractivity contribution is 6.31. The first-order valence-corrected chi connectivity index (χ1v) is 22.6. The summed E-state index contributed by atoms with van der Waals surface area (Å²) in [6, 6.07) is 16.0. The van der Waals surface area contributed by atoms with E-state index in [9.17, 15) is 14.4 Å². The summed E-state index contributed by atoms with van der Waals surface area (Å²) in [4.78, 5) is 51.0. The maximum absolute atomic E-state index is 13.4. The first-order chi connectivity index (χ1) is 29.9. The number of anilines is 2. The minimum absolute atomic E-state index is 0. The molecule has 1 amide bonds. The molecule has 0 spiro atoms. The van der Waals surface area contributed by atoms with Crippen molar-refractivity contribution in [3.8, 4) is 11.5 Å². The van der Waals surface area contributed by atoms with Crippen molar-refractivity contribution in [3.05, 3.63) is 70.5 Å². The minimum atomic E-state index is -0.410. The average Bonchev–Trinajstić information content (AvgIpc) is 3.26. The number of morpholine rings is 2. The number of nitrogens with two attached hydrogens (primary N) is 2. The SMILES string of the molecule is CN1CCOC(CCC(=O)COc2ccc(CCC[N+]3(CCCc4ccc(OCC(=O)CCC5CN(C)CCO5)cc4)CCC[C@H](NC(=O)c4nc(Cl)c(N)nc4N)C3)cc2)C1.Cl.Cl.[Cl-]. The Balaban J connectivity index is 0.00000374. The first kappa shape index (κ1) is 55.8. The molecular formula is C46H68Cl4N8O7. The molecule has 0 aliphatic carbocycles. The molecule has 1 aromatic heterocycles.